The molecule has 1 fully saturated rings. The van der Waals surface area contributed by atoms with E-state index in [0.29, 0.717) is 0 Å². The summed E-state index contributed by atoms with van der Waals surface area (Å²) in [4.78, 5) is 10.7. The molecule has 1 rings (SSSR count). The number of ether oxygens (including phenoxy) is 1. The average Bonchev–Trinajstić information content (AvgIpc) is 2.18. The zero-order valence-electron chi connectivity index (χ0n) is 7.12. The second-order valence-electron chi connectivity index (χ2n) is 2.91. The first kappa shape index (κ1) is 11.4. The van der Waals surface area contributed by atoms with E-state index in [9.17, 15) is 13.2 Å². The molecular weight excluding hydrogens is 216 g/mol. The molecule has 0 aromatic heterocycles. The van der Waals surface area contributed by atoms with Gasteiger partial charge in [0.15, 0.2) is 0 Å². The molecule has 7 nitrogen and oxygen atoms in total. The van der Waals surface area contributed by atoms with Crippen molar-refractivity contribution in [1.29, 1.82) is 0 Å². The largest absolute Gasteiger partial charge is 0.481 e. The van der Waals surface area contributed by atoms with Crippen molar-refractivity contribution in [1.82, 2.24) is 0 Å². The van der Waals surface area contributed by atoms with Crippen LogP contribution in [0.4, 0.5) is 0 Å². The third-order valence-corrected chi connectivity index (χ3v) is 3.51. The van der Waals surface area contributed by atoms with Gasteiger partial charge in [-0.25, -0.2) is 5.26 Å². The molecule has 1 aliphatic heterocycles. The molecule has 2 N–H and O–H groups in total. The Labute approximate surface area is 80.3 Å². The maximum atomic E-state index is 11.1. The van der Waals surface area contributed by atoms with E-state index in [4.69, 9.17) is 15.1 Å². The fourth-order valence-corrected chi connectivity index (χ4v) is 2.36. The predicted molar refractivity (Wildman–Crippen MR) is 43.0 cm³/mol. The number of aliphatic carboxylic acids is 1. The maximum Gasteiger partial charge on any atom is 0.308 e. The lowest BCUT2D eigenvalue weighted by Crippen LogP contribution is -2.43. The second-order valence-corrected chi connectivity index (χ2v) is 4.65. The molecule has 0 aromatic carbocycles. The van der Waals surface area contributed by atoms with Crippen molar-refractivity contribution < 1.29 is 32.6 Å². The van der Waals surface area contributed by atoms with E-state index in [-0.39, 0.29) is 19.6 Å². The Balaban J connectivity index is 2.88. The summed E-state index contributed by atoms with van der Waals surface area (Å²) in [5.74, 6) is -2.33. The van der Waals surface area contributed by atoms with Crippen molar-refractivity contribution in [2.45, 2.75) is 11.7 Å². The molecule has 0 aliphatic carbocycles. The van der Waals surface area contributed by atoms with E-state index in [1.165, 1.54) is 0 Å². The molecule has 0 bridgehead atoms. The van der Waals surface area contributed by atoms with Gasteiger partial charge in [0.25, 0.3) is 10.1 Å². The van der Waals surface area contributed by atoms with Crippen molar-refractivity contribution in [3.63, 3.8) is 0 Å². The van der Waals surface area contributed by atoms with Gasteiger partial charge >= 0.3 is 5.97 Å². The van der Waals surface area contributed by atoms with Crippen LogP contribution >= 0.6 is 0 Å². The third kappa shape index (κ3) is 2.21. The average molecular weight is 226 g/mol. The molecule has 8 heteroatoms. The van der Waals surface area contributed by atoms with Crippen molar-refractivity contribution in [3.05, 3.63) is 0 Å². The fourth-order valence-electron chi connectivity index (χ4n) is 1.33. The van der Waals surface area contributed by atoms with Gasteiger partial charge in [-0.15, -0.1) is 4.33 Å². The summed E-state index contributed by atoms with van der Waals surface area (Å²) in [6.45, 7) is -0.0890. The van der Waals surface area contributed by atoms with Crippen LogP contribution in [-0.4, -0.2) is 43.2 Å². The van der Waals surface area contributed by atoms with Crippen LogP contribution in [0.25, 0.3) is 0 Å². The summed E-state index contributed by atoms with van der Waals surface area (Å²) < 4.78 is 30.2. The van der Waals surface area contributed by atoms with Gasteiger partial charge in [0.1, 0.15) is 5.25 Å². The highest BCUT2D eigenvalue weighted by Gasteiger charge is 2.41. The molecule has 0 saturated carbocycles. The first-order valence-corrected chi connectivity index (χ1v) is 5.33. The van der Waals surface area contributed by atoms with Gasteiger partial charge in [-0.3, -0.25) is 4.79 Å². The van der Waals surface area contributed by atoms with Crippen LogP contribution in [0.2, 0.25) is 0 Å². The molecule has 2 unspecified atom stereocenters. The van der Waals surface area contributed by atoms with Gasteiger partial charge in [-0.2, -0.15) is 8.42 Å². The van der Waals surface area contributed by atoms with E-state index in [1.54, 1.807) is 0 Å². The quantitative estimate of drug-likeness (QED) is 0.483. The number of carboxylic acids is 1. The Kier molecular flexibility index (Phi) is 3.43. The van der Waals surface area contributed by atoms with Crippen molar-refractivity contribution >= 4 is 16.1 Å². The van der Waals surface area contributed by atoms with Gasteiger partial charge in [0.2, 0.25) is 0 Å². The molecule has 14 heavy (non-hydrogen) atoms. The lowest BCUT2D eigenvalue weighted by Gasteiger charge is -2.26. The topological polar surface area (TPSA) is 110 Å². The third-order valence-electron chi connectivity index (χ3n) is 2.10. The summed E-state index contributed by atoms with van der Waals surface area (Å²) in [7, 11) is -4.27. The van der Waals surface area contributed by atoms with E-state index < -0.39 is 27.3 Å². The molecule has 0 spiro atoms. The van der Waals surface area contributed by atoms with Gasteiger partial charge in [0.05, 0.1) is 12.5 Å². The predicted octanol–water partition coefficient (Wildman–Crippen LogP) is -0.704. The minimum absolute atomic E-state index is 0.0859. The highest BCUT2D eigenvalue weighted by Crippen LogP contribution is 2.22. The zero-order chi connectivity index (χ0) is 10.8. The van der Waals surface area contributed by atoms with Crippen LogP contribution in [-0.2, 0) is 24.0 Å². The van der Waals surface area contributed by atoms with Crippen LogP contribution in [0.15, 0.2) is 0 Å². The fraction of sp³-hybridized carbons (Fsp3) is 0.833. The molecule has 1 aliphatic rings. The summed E-state index contributed by atoms with van der Waals surface area (Å²) >= 11 is 0. The minimum atomic E-state index is -4.27. The molecule has 0 aromatic rings. The van der Waals surface area contributed by atoms with Crippen molar-refractivity contribution in [2.75, 3.05) is 13.2 Å². The maximum absolute atomic E-state index is 11.1. The number of hydrogen-bond donors (Lipinski definition) is 2. The Morgan fingerprint density at radius 2 is 2.14 bits per heavy atom. The summed E-state index contributed by atoms with van der Waals surface area (Å²) in [6.07, 6.45) is 0.0859. The molecule has 82 valence electrons. The van der Waals surface area contributed by atoms with E-state index in [1.807, 2.05) is 0 Å². The Bertz CT molecular complexity index is 308. The van der Waals surface area contributed by atoms with Crippen LogP contribution < -0.4 is 0 Å². The van der Waals surface area contributed by atoms with Crippen LogP contribution in [0, 0.1) is 5.92 Å². The first-order chi connectivity index (χ1) is 6.49. The number of rotatable bonds is 3. The zero-order valence-corrected chi connectivity index (χ0v) is 7.94. The van der Waals surface area contributed by atoms with Gasteiger partial charge in [0, 0.05) is 6.61 Å². The highest BCUT2D eigenvalue weighted by atomic mass is 32.2. The van der Waals surface area contributed by atoms with Gasteiger partial charge in [-0.05, 0) is 6.42 Å². The Morgan fingerprint density at radius 1 is 1.50 bits per heavy atom. The van der Waals surface area contributed by atoms with Gasteiger partial charge in [-0.1, -0.05) is 0 Å². The smallest absolute Gasteiger partial charge is 0.308 e. The number of carboxylic acid groups (broad SMARTS) is 1. The SMILES string of the molecule is O=C(O)C1CCOCC1S(=O)(=O)OO. The van der Waals surface area contributed by atoms with Crippen LogP contribution in [0.1, 0.15) is 6.42 Å². The Morgan fingerprint density at radius 3 is 2.64 bits per heavy atom. The monoisotopic (exact) mass is 226 g/mol. The molecular formula is C6H10O7S. The normalized spacial score (nSPS) is 28.6. The molecule has 1 saturated heterocycles. The van der Waals surface area contributed by atoms with Crippen LogP contribution in [0.5, 0.6) is 0 Å². The molecule has 2 atom stereocenters. The van der Waals surface area contributed by atoms with Crippen LogP contribution in [0.3, 0.4) is 0 Å². The molecule has 0 radical (unpaired) electrons. The second kappa shape index (κ2) is 4.22. The molecule has 0 amide bonds. The highest BCUT2D eigenvalue weighted by molar-refractivity contribution is 7.87. The van der Waals surface area contributed by atoms with E-state index in [0.717, 1.165) is 0 Å². The number of hydrogen-bond acceptors (Lipinski definition) is 6. The first-order valence-electron chi connectivity index (χ1n) is 3.86. The number of carbonyl (C=O) groups is 1. The van der Waals surface area contributed by atoms with Crippen molar-refractivity contribution in [3.8, 4) is 0 Å². The van der Waals surface area contributed by atoms with E-state index in [2.05, 4.69) is 4.33 Å². The molecule has 1 heterocycles. The summed E-state index contributed by atoms with van der Waals surface area (Å²) in [5.41, 5.74) is 0. The lowest BCUT2D eigenvalue weighted by atomic mass is 10.0. The summed E-state index contributed by atoms with van der Waals surface area (Å²) in [6, 6.07) is 0. The standard InChI is InChI=1S/C6H10O7S/c7-6(8)4-1-2-12-3-5(4)14(10,11)13-9/h4-5,9H,1-3H2,(H,7,8). The van der Waals surface area contributed by atoms with E-state index >= 15 is 0 Å². The van der Waals surface area contributed by atoms with Crippen molar-refractivity contribution in [2.24, 2.45) is 5.92 Å². The summed E-state index contributed by atoms with van der Waals surface area (Å²) in [5, 5.41) is 15.5. The Hall–Kier alpha value is -0.700. The van der Waals surface area contributed by atoms with Gasteiger partial charge < -0.3 is 9.84 Å². The minimum Gasteiger partial charge on any atom is -0.481 e. The lowest BCUT2D eigenvalue weighted by molar-refractivity contribution is -0.147.